The van der Waals surface area contributed by atoms with Gasteiger partial charge in [0.15, 0.2) is 0 Å². The van der Waals surface area contributed by atoms with Gasteiger partial charge in [0, 0.05) is 19.3 Å². The standard InChI is InChI=1S/C14H16N4O2S/c1-10-5-17-13(8-16-10)9-18-21(19,20)14-3-2-11-6-15-7-12(11)4-14/h2-5,8,15,18H,6-7,9H2,1H3. The Morgan fingerprint density at radius 1 is 1.19 bits per heavy atom. The van der Waals surface area contributed by atoms with Crippen LogP contribution in [-0.4, -0.2) is 18.4 Å². The monoisotopic (exact) mass is 304 g/mol. The SMILES string of the molecule is Cc1cnc(CNS(=O)(=O)c2ccc3c(c2)CNC3)cn1. The maximum atomic E-state index is 12.3. The van der Waals surface area contributed by atoms with E-state index in [1.54, 1.807) is 24.5 Å². The summed E-state index contributed by atoms with van der Waals surface area (Å²) in [6, 6.07) is 5.21. The lowest BCUT2D eigenvalue weighted by Gasteiger charge is -2.08. The minimum Gasteiger partial charge on any atom is -0.309 e. The number of nitrogens with one attached hydrogen (secondary N) is 2. The lowest BCUT2D eigenvalue weighted by Crippen LogP contribution is -2.24. The van der Waals surface area contributed by atoms with Crippen LogP contribution in [0.3, 0.4) is 0 Å². The second kappa shape index (κ2) is 5.51. The van der Waals surface area contributed by atoms with Crippen LogP contribution < -0.4 is 10.0 Å². The van der Waals surface area contributed by atoms with Crippen molar-refractivity contribution in [1.29, 1.82) is 0 Å². The van der Waals surface area contributed by atoms with Gasteiger partial charge in [0.25, 0.3) is 0 Å². The van der Waals surface area contributed by atoms with E-state index < -0.39 is 10.0 Å². The van der Waals surface area contributed by atoms with E-state index in [2.05, 4.69) is 20.0 Å². The molecule has 1 aliphatic rings. The maximum absolute atomic E-state index is 12.3. The topological polar surface area (TPSA) is 84.0 Å². The Labute approximate surface area is 123 Å². The molecule has 0 radical (unpaired) electrons. The highest BCUT2D eigenvalue weighted by Gasteiger charge is 2.18. The van der Waals surface area contributed by atoms with Gasteiger partial charge in [-0.3, -0.25) is 9.97 Å². The molecule has 7 heteroatoms. The zero-order valence-corrected chi connectivity index (χ0v) is 12.4. The van der Waals surface area contributed by atoms with Gasteiger partial charge < -0.3 is 5.32 Å². The van der Waals surface area contributed by atoms with Crippen molar-refractivity contribution in [2.24, 2.45) is 0 Å². The van der Waals surface area contributed by atoms with Gasteiger partial charge in [0.1, 0.15) is 0 Å². The van der Waals surface area contributed by atoms with E-state index in [0.717, 1.165) is 23.4 Å². The summed E-state index contributed by atoms with van der Waals surface area (Å²) in [6.45, 7) is 3.47. The van der Waals surface area contributed by atoms with Gasteiger partial charge in [0.05, 0.1) is 29.0 Å². The van der Waals surface area contributed by atoms with E-state index in [9.17, 15) is 8.42 Å². The maximum Gasteiger partial charge on any atom is 0.240 e. The van der Waals surface area contributed by atoms with Crippen LogP contribution in [0.5, 0.6) is 0 Å². The van der Waals surface area contributed by atoms with Crippen LogP contribution in [0.25, 0.3) is 0 Å². The highest BCUT2D eigenvalue weighted by Crippen LogP contribution is 2.20. The largest absolute Gasteiger partial charge is 0.309 e. The fourth-order valence-electron chi connectivity index (χ4n) is 2.20. The van der Waals surface area contributed by atoms with Gasteiger partial charge in [0.2, 0.25) is 10.0 Å². The summed E-state index contributed by atoms with van der Waals surface area (Å²) in [6.07, 6.45) is 3.19. The average molecular weight is 304 g/mol. The van der Waals surface area contributed by atoms with Crippen LogP contribution in [0, 0.1) is 6.92 Å². The zero-order chi connectivity index (χ0) is 14.9. The summed E-state index contributed by atoms with van der Waals surface area (Å²) in [5, 5.41) is 3.20. The summed E-state index contributed by atoms with van der Waals surface area (Å²) < 4.78 is 27.1. The number of aromatic nitrogens is 2. The first-order chi connectivity index (χ1) is 10.0. The van der Waals surface area contributed by atoms with E-state index in [1.807, 2.05) is 13.0 Å². The van der Waals surface area contributed by atoms with Gasteiger partial charge in [-0.05, 0) is 30.2 Å². The van der Waals surface area contributed by atoms with E-state index in [-0.39, 0.29) is 11.4 Å². The zero-order valence-electron chi connectivity index (χ0n) is 11.6. The van der Waals surface area contributed by atoms with E-state index in [0.29, 0.717) is 12.2 Å². The number of rotatable bonds is 4. The normalized spacial score (nSPS) is 14.1. The third-order valence-corrected chi connectivity index (χ3v) is 4.80. The fourth-order valence-corrected chi connectivity index (χ4v) is 3.25. The molecule has 6 nitrogen and oxygen atoms in total. The van der Waals surface area contributed by atoms with Crippen molar-refractivity contribution in [3.05, 3.63) is 53.1 Å². The van der Waals surface area contributed by atoms with Gasteiger partial charge in [-0.15, -0.1) is 0 Å². The van der Waals surface area contributed by atoms with Crippen LogP contribution >= 0.6 is 0 Å². The Bertz CT molecular complexity index is 757. The van der Waals surface area contributed by atoms with Crippen LogP contribution in [0.4, 0.5) is 0 Å². The number of fused-ring (bicyclic) bond motifs is 1. The molecule has 1 aliphatic heterocycles. The minimum atomic E-state index is -3.54. The summed E-state index contributed by atoms with van der Waals surface area (Å²) in [4.78, 5) is 8.51. The lowest BCUT2D eigenvalue weighted by molar-refractivity contribution is 0.580. The second-order valence-corrected chi connectivity index (χ2v) is 6.77. The number of hydrogen-bond donors (Lipinski definition) is 2. The Morgan fingerprint density at radius 3 is 2.76 bits per heavy atom. The van der Waals surface area contributed by atoms with Gasteiger partial charge in [-0.1, -0.05) is 6.07 Å². The molecule has 21 heavy (non-hydrogen) atoms. The molecule has 1 aromatic heterocycles. The van der Waals surface area contributed by atoms with Crippen molar-refractivity contribution in [3.63, 3.8) is 0 Å². The molecule has 3 rings (SSSR count). The van der Waals surface area contributed by atoms with Gasteiger partial charge >= 0.3 is 0 Å². The summed E-state index contributed by atoms with van der Waals surface area (Å²) in [5.74, 6) is 0. The van der Waals surface area contributed by atoms with Crippen molar-refractivity contribution in [2.75, 3.05) is 0 Å². The molecule has 2 aromatic rings. The first-order valence-corrected chi connectivity index (χ1v) is 8.13. The summed E-state index contributed by atoms with van der Waals surface area (Å²) >= 11 is 0. The Kier molecular flexibility index (Phi) is 3.71. The van der Waals surface area contributed by atoms with Crippen molar-refractivity contribution < 1.29 is 8.42 Å². The second-order valence-electron chi connectivity index (χ2n) is 5.01. The van der Waals surface area contributed by atoms with Crippen molar-refractivity contribution in [3.8, 4) is 0 Å². The van der Waals surface area contributed by atoms with Crippen molar-refractivity contribution in [2.45, 2.75) is 31.5 Å². The predicted octanol–water partition coefficient (Wildman–Crippen LogP) is 0.867. The van der Waals surface area contributed by atoms with Gasteiger partial charge in [-0.25, -0.2) is 13.1 Å². The molecule has 0 atom stereocenters. The number of hydrogen-bond acceptors (Lipinski definition) is 5. The van der Waals surface area contributed by atoms with Crippen molar-refractivity contribution in [1.82, 2.24) is 20.0 Å². The Hall–Kier alpha value is -1.83. The molecule has 0 saturated heterocycles. The fraction of sp³-hybridized carbons (Fsp3) is 0.286. The van der Waals surface area contributed by atoms with Crippen LogP contribution in [0.15, 0.2) is 35.5 Å². The number of sulfonamides is 1. The highest BCUT2D eigenvalue weighted by molar-refractivity contribution is 7.89. The Morgan fingerprint density at radius 2 is 2.00 bits per heavy atom. The molecule has 0 unspecified atom stereocenters. The molecule has 0 spiro atoms. The third kappa shape index (κ3) is 3.10. The molecule has 1 aromatic carbocycles. The molecule has 0 amide bonds. The smallest absolute Gasteiger partial charge is 0.240 e. The molecule has 0 aliphatic carbocycles. The molecular formula is C14H16N4O2S. The van der Waals surface area contributed by atoms with Crippen LogP contribution in [-0.2, 0) is 29.7 Å². The summed E-state index contributed by atoms with van der Waals surface area (Å²) in [5.41, 5.74) is 3.58. The van der Waals surface area contributed by atoms with Crippen LogP contribution in [0.2, 0.25) is 0 Å². The molecule has 110 valence electrons. The summed E-state index contributed by atoms with van der Waals surface area (Å²) in [7, 11) is -3.54. The molecule has 0 bridgehead atoms. The van der Waals surface area contributed by atoms with E-state index in [1.165, 1.54) is 0 Å². The van der Waals surface area contributed by atoms with Crippen molar-refractivity contribution >= 4 is 10.0 Å². The number of benzene rings is 1. The quantitative estimate of drug-likeness (QED) is 0.875. The molecule has 0 fully saturated rings. The highest BCUT2D eigenvalue weighted by atomic mass is 32.2. The Balaban J connectivity index is 1.76. The van der Waals surface area contributed by atoms with Gasteiger partial charge in [-0.2, -0.15) is 0 Å². The minimum absolute atomic E-state index is 0.130. The third-order valence-electron chi connectivity index (χ3n) is 3.40. The van der Waals surface area contributed by atoms with E-state index in [4.69, 9.17) is 0 Å². The number of nitrogens with zero attached hydrogens (tertiary/aromatic N) is 2. The molecular weight excluding hydrogens is 288 g/mol. The molecule has 2 heterocycles. The first kappa shape index (κ1) is 14.1. The molecule has 0 saturated carbocycles. The van der Waals surface area contributed by atoms with Crippen LogP contribution in [0.1, 0.15) is 22.5 Å². The lowest BCUT2D eigenvalue weighted by atomic mass is 10.1. The van der Waals surface area contributed by atoms with E-state index >= 15 is 0 Å². The molecule has 2 N–H and O–H groups in total. The number of aryl methyl sites for hydroxylation is 1. The predicted molar refractivity (Wildman–Crippen MR) is 77.8 cm³/mol. The first-order valence-electron chi connectivity index (χ1n) is 6.64. The average Bonchev–Trinajstić information content (AvgIpc) is 2.94.